The number of rotatable bonds is 5. The van der Waals surface area contributed by atoms with Crippen LogP contribution in [0.25, 0.3) is 0 Å². The molecule has 0 aromatic heterocycles. The van der Waals surface area contributed by atoms with Crippen LogP contribution in [0.1, 0.15) is 6.92 Å². The van der Waals surface area contributed by atoms with Gasteiger partial charge in [0, 0.05) is 24.4 Å². The van der Waals surface area contributed by atoms with Crippen LogP contribution in [0.15, 0.2) is 12.1 Å². The van der Waals surface area contributed by atoms with Gasteiger partial charge in [-0.1, -0.05) is 0 Å². The maximum Gasteiger partial charge on any atom is 0.203 e. The Kier molecular flexibility index (Phi) is 5.51. The van der Waals surface area contributed by atoms with Gasteiger partial charge in [0.2, 0.25) is 5.75 Å². The van der Waals surface area contributed by atoms with Crippen molar-refractivity contribution in [3.05, 3.63) is 12.1 Å². The van der Waals surface area contributed by atoms with Crippen LogP contribution in [0.4, 0.5) is 5.69 Å². The first-order valence-electron chi connectivity index (χ1n) is 5.51. The van der Waals surface area contributed by atoms with E-state index in [0.717, 1.165) is 12.2 Å². The summed E-state index contributed by atoms with van der Waals surface area (Å²) >= 11 is 5.12. The van der Waals surface area contributed by atoms with Gasteiger partial charge in [0.15, 0.2) is 16.6 Å². The number of ether oxygens (including phenoxy) is 3. The van der Waals surface area contributed by atoms with Gasteiger partial charge >= 0.3 is 0 Å². The number of benzene rings is 1. The second-order valence-corrected chi connectivity index (χ2v) is 3.81. The zero-order valence-electron chi connectivity index (χ0n) is 11.0. The smallest absolute Gasteiger partial charge is 0.203 e. The number of thiocarbonyl (C=S) groups is 1. The molecule has 18 heavy (non-hydrogen) atoms. The molecule has 6 heteroatoms. The Morgan fingerprint density at radius 1 is 1.11 bits per heavy atom. The fourth-order valence-corrected chi connectivity index (χ4v) is 1.75. The summed E-state index contributed by atoms with van der Waals surface area (Å²) in [7, 11) is 4.71. The van der Waals surface area contributed by atoms with E-state index in [0.29, 0.717) is 22.4 Å². The molecule has 0 unspecified atom stereocenters. The predicted molar refractivity (Wildman–Crippen MR) is 76.0 cm³/mol. The summed E-state index contributed by atoms with van der Waals surface area (Å²) < 4.78 is 15.7. The zero-order valence-corrected chi connectivity index (χ0v) is 11.8. The van der Waals surface area contributed by atoms with Crippen molar-refractivity contribution < 1.29 is 14.2 Å². The highest BCUT2D eigenvalue weighted by atomic mass is 32.1. The van der Waals surface area contributed by atoms with E-state index in [1.807, 2.05) is 6.92 Å². The molecule has 1 rings (SSSR count). The molecule has 0 saturated heterocycles. The highest BCUT2D eigenvalue weighted by Crippen LogP contribution is 2.39. The van der Waals surface area contributed by atoms with Gasteiger partial charge in [-0.3, -0.25) is 0 Å². The molecule has 0 fully saturated rings. The van der Waals surface area contributed by atoms with Gasteiger partial charge in [0.25, 0.3) is 0 Å². The normalized spacial score (nSPS) is 9.56. The molecule has 0 aliphatic rings. The third kappa shape index (κ3) is 3.40. The van der Waals surface area contributed by atoms with Gasteiger partial charge < -0.3 is 24.8 Å². The van der Waals surface area contributed by atoms with Crippen molar-refractivity contribution in [3.63, 3.8) is 0 Å². The van der Waals surface area contributed by atoms with E-state index in [-0.39, 0.29) is 0 Å². The van der Waals surface area contributed by atoms with Crippen molar-refractivity contribution in [3.8, 4) is 17.2 Å². The van der Waals surface area contributed by atoms with E-state index in [9.17, 15) is 0 Å². The second-order valence-electron chi connectivity index (χ2n) is 3.40. The van der Waals surface area contributed by atoms with Crippen molar-refractivity contribution in [1.29, 1.82) is 0 Å². The minimum atomic E-state index is 0.548. The van der Waals surface area contributed by atoms with Crippen LogP contribution in [0.3, 0.4) is 0 Å². The van der Waals surface area contributed by atoms with Gasteiger partial charge in [-0.2, -0.15) is 0 Å². The lowest BCUT2D eigenvalue weighted by Crippen LogP contribution is -2.27. The fourth-order valence-electron chi connectivity index (χ4n) is 1.49. The topological polar surface area (TPSA) is 51.8 Å². The lowest BCUT2D eigenvalue weighted by Gasteiger charge is -2.15. The highest BCUT2D eigenvalue weighted by Gasteiger charge is 2.13. The van der Waals surface area contributed by atoms with Crippen molar-refractivity contribution in [2.24, 2.45) is 0 Å². The molecule has 1 aromatic carbocycles. The molecule has 0 heterocycles. The lowest BCUT2D eigenvalue weighted by molar-refractivity contribution is 0.324. The number of methoxy groups -OCH3 is 3. The molecule has 0 spiro atoms. The fraction of sp³-hybridized carbons (Fsp3) is 0.417. The third-order valence-electron chi connectivity index (χ3n) is 2.26. The van der Waals surface area contributed by atoms with E-state index < -0.39 is 0 Å². The number of hydrogen-bond acceptors (Lipinski definition) is 4. The average Bonchev–Trinajstić information content (AvgIpc) is 2.37. The Labute approximate surface area is 112 Å². The Balaban J connectivity index is 3.03. The van der Waals surface area contributed by atoms with Crippen LogP contribution in [0.2, 0.25) is 0 Å². The monoisotopic (exact) mass is 270 g/mol. The van der Waals surface area contributed by atoms with Crippen molar-refractivity contribution in [2.75, 3.05) is 33.2 Å². The minimum absolute atomic E-state index is 0.548. The molecule has 0 radical (unpaired) electrons. The van der Waals surface area contributed by atoms with Gasteiger partial charge in [-0.05, 0) is 19.1 Å². The van der Waals surface area contributed by atoms with Gasteiger partial charge in [0.05, 0.1) is 21.3 Å². The van der Waals surface area contributed by atoms with E-state index in [1.54, 1.807) is 33.5 Å². The molecule has 0 amide bonds. The number of nitrogens with one attached hydrogen (secondary N) is 2. The SMILES string of the molecule is CCNC(=S)Nc1cc(OC)c(OC)c(OC)c1. The van der Waals surface area contributed by atoms with E-state index in [4.69, 9.17) is 26.4 Å². The molecule has 0 aliphatic heterocycles. The maximum absolute atomic E-state index is 5.25. The van der Waals surface area contributed by atoms with Crippen LogP contribution in [-0.2, 0) is 0 Å². The molecule has 100 valence electrons. The first-order valence-corrected chi connectivity index (χ1v) is 5.91. The molecule has 0 atom stereocenters. The third-order valence-corrected chi connectivity index (χ3v) is 2.51. The second kappa shape index (κ2) is 6.90. The molecular weight excluding hydrogens is 252 g/mol. The highest BCUT2D eigenvalue weighted by molar-refractivity contribution is 7.80. The van der Waals surface area contributed by atoms with Crippen LogP contribution in [0, 0.1) is 0 Å². The van der Waals surface area contributed by atoms with Gasteiger partial charge in [0.1, 0.15) is 0 Å². The standard InChI is InChI=1S/C12H18N2O3S/c1-5-13-12(18)14-8-6-9(15-2)11(17-4)10(7-8)16-3/h6-7H,5H2,1-4H3,(H2,13,14,18). The Morgan fingerprint density at radius 2 is 1.67 bits per heavy atom. The quantitative estimate of drug-likeness (QED) is 0.798. The van der Waals surface area contributed by atoms with Crippen LogP contribution < -0.4 is 24.8 Å². The van der Waals surface area contributed by atoms with Crippen molar-refractivity contribution in [2.45, 2.75) is 6.92 Å². The molecule has 1 aromatic rings. The molecular formula is C12H18N2O3S. The summed E-state index contributed by atoms with van der Waals surface area (Å²) in [5.41, 5.74) is 0.774. The van der Waals surface area contributed by atoms with E-state index >= 15 is 0 Å². The first-order chi connectivity index (χ1) is 8.65. The Bertz CT molecular complexity index is 399. The molecule has 5 nitrogen and oxygen atoms in total. The summed E-state index contributed by atoms with van der Waals surface area (Å²) in [5.74, 6) is 1.72. The summed E-state index contributed by atoms with van der Waals surface area (Å²) in [6.45, 7) is 2.74. The largest absolute Gasteiger partial charge is 0.493 e. The predicted octanol–water partition coefficient (Wildman–Crippen LogP) is 2.02. The average molecular weight is 270 g/mol. The molecule has 0 saturated carbocycles. The molecule has 0 bridgehead atoms. The number of anilines is 1. The van der Waals surface area contributed by atoms with Crippen molar-refractivity contribution in [1.82, 2.24) is 5.32 Å². The van der Waals surface area contributed by atoms with Crippen LogP contribution in [-0.4, -0.2) is 33.0 Å². The summed E-state index contributed by atoms with van der Waals surface area (Å²) in [6, 6.07) is 3.59. The lowest BCUT2D eigenvalue weighted by atomic mass is 10.2. The Morgan fingerprint density at radius 3 is 2.06 bits per heavy atom. The Hall–Kier alpha value is -1.69. The molecule has 2 N–H and O–H groups in total. The van der Waals surface area contributed by atoms with Crippen LogP contribution in [0.5, 0.6) is 17.2 Å². The zero-order chi connectivity index (χ0) is 13.5. The summed E-state index contributed by atoms with van der Waals surface area (Å²) in [5, 5.41) is 6.60. The first kappa shape index (κ1) is 14.4. The molecule has 0 aliphatic carbocycles. The van der Waals surface area contributed by atoms with Gasteiger partial charge in [-0.15, -0.1) is 0 Å². The minimum Gasteiger partial charge on any atom is -0.493 e. The maximum atomic E-state index is 5.25. The summed E-state index contributed by atoms with van der Waals surface area (Å²) in [6.07, 6.45) is 0. The van der Waals surface area contributed by atoms with E-state index in [1.165, 1.54) is 0 Å². The van der Waals surface area contributed by atoms with E-state index in [2.05, 4.69) is 10.6 Å². The number of hydrogen-bond donors (Lipinski definition) is 2. The van der Waals surface area contributed by atoms with Gasteiger partial charge in [-0.25, -0.2) is 0 Å². The van der Waals surface area contributed by atoms with Crippen molar-refractivity contribution >= 4 is 23.0 Å². The van der Waals surface area contributed by atoms with Crippen LogP contribution >= 0.6 is 12.2 Å². The summed E-state index contributed by atoms with van der Waals surface area (Å²) in [4.78, 5) is 0.